The largest absolute Gasteiger partial charge is 0.488 e. The third-order valence-electron chi connectivity index (χ3n) is 4.64. The van der Waals surface area contributed by atoms with Gasteiger partial charge in [0.15, 0.2) is 0 Å². The zero-order valence-corrected chi connectivity index (χ0v) is 15.4. The van der Waals surface area contributed by atoms with Crippen molar-refractivity contribution >= 4 is 11.8 Å². The molecule has 3 aromatic carbocycles. The lowest BCUT2D eigenvalue weighted by molar-refractivity contribution is 0.0690. The summed E-state index contributed by atoms with van der Waals surface area (Å²) < 4.78 is 11.7. The predicted octanol–water partition coefficient (Wildman–Crippen LogP) is 4.07. The van der Waals surface area contributed by atoms with Crippen LogP contribution in [0.25, 0.3) is 0 Å². The molecule has 5 nitrogen and oxygen atoms in total. The Bertz CT molecular complexity index is 933. The van der Waals surface area contributed by atoms with Gasteiger partial charge in [0.2, 0.25) is 0 Å². The van der Waals surface area contributed by atoms with Crippen LogP contribution in [0.1, 0.15) is 31.8 Å². The van der Waals surface area contributed by atoms with Gasteiger partial charge in [0.05, 0.1) is 11.1 Å². The summed E-state index contributed by atoms with van der Waals surface area (Å²) in [7, 11) is 1.46. The van der Waals surface area contributed by atoms with Crippen LogP contribution in [0.3, 0.4) is 0 Å². The van der Waals surface area contributed by atoms with Crippen LogP contribution >= 0.6 is 0 Å². The van der Waals surface area contributed by atoms with E-state index in [4.69, 9.17) is 9.47 Å². The first kappa shape index (κ1) is 17.8. The Hall–Kier alpha value is -3.60. The molecule has 0 N–H and O–H groups in total. The monoisotopic (exact) mass is 373 g/mol. The van der Waals surface area contributed by atoms with Gasteiger partial charge in [-0.1, -0.05) is 60.7 Å². The van der Waals surface area contributed by atoms with Crippen LogP contribution in [0.15, 0.2) is 72.8 Å². The van der Waals surface area contributed by atoms with Gasteiger partial charge < -0.3 is 9.47 Å². The van der Waals surface area contributed by atoms with Crippen LogP contribution in [0.5, 0.6) is 11.5 Å². The number of nitrogens with zero attached hydrogens (tertiary/aromatic N) is 1. The molecule has 140 valence electrons. The Morgan fingerprint density at radius 2 is 1.04 bits per heavy atom. The van der Waals surface area contributed by atoms with Gasteiger partial charge in [0.1, 0.15) is 24.7 Å². The zero-order valence-electron chi connectivity index (χ0n) is 15.4. The smallest absolute Gasteiger partial charge is 0.265 e. The van der Waals surface area contributed by atoms with Gasteiger partial charge in [-0.3, -0.25) is 14.5 Å². The fraction of sp³-hybridized carbons (Fsp3) is 0.130. The van der Waals surface area contributed by atoms with E-state index in [0.29, 0.717) is 24.7 Å². The number of amides is 2. The summed E-state index contributed by atoms with van der Waals surface area (Å²) >= 11 is 0. The third-order valence-corrected chi connectivity index (χ3v) is 4.64. The molecule has 1 heterocycles. The predicted molar refractivity (Wildman–Crippen MR) is 104 cm³/mol. The van der Waals surface area contributed by atoms with Crippen LogP contribution in [-0.2, 0) is 13.2 Å². The van der Waals surface area contributed by atoms with Crippen molar-refractivity contribution in [3.05, 3.63) is 95.1 Å². The van der Waals surface area contributed by atoms with E-state index < -0.39 is 0 Å². The average molecular weight is 373 g/mol. The standard InChI is InChI=1S/C23H19NO4/c1-24-22(25)20-18(27-14-16-8-4-2-5-9-16)12-13-19(21(20)23(24)26)28-15-17-10-6-3-7-11-17/h2-13H,14-15H2,1H3. The molecular weight excluding hydrogens is 354 g/mol. The van der Waals surface area contributed by atoms with Crippen molar-refractivity contribution in [3.8, 4) is 11.5 Å². The van der Waals surface area contributed by atoms with Gasteiger partial charge in [-0.2, -0.15) is 0 Å². The highest BCUT2D eigenvalue weighted by molar-refractivity contribution is 6.23. The topological polar surface area (TPSA) is 55.8 Å². The molecule has 1 aliphatic heterocycles. The van der Waals surface area contributed by atoms with Gasteiger partial charge in [-0.25, -0.2) is 0 Å². The van der Waals surface area contributed by atoms with Crippen molar-refractivity contribution in [3.63, 3.8) is 0 Å². The lowest BCUT2D eigenvalue weighted by Crippen LogP contribution is -2.24. The van der Waals surface area contributed by atoms with E-state index in [9.17, 15) is 9.59 Å². The highest BCUT2D eigenvalue weighted by Gasteiger charge is 2.38. The molecule has 0 spiro atoms. The summed E-state index contributed by atoms with van der Waals surface area (Å²) in [4.78, 5) is 26.4. The van der Waals surface area contributed by atoms with E-state index in [1.165, 1.54) is 7.05 Å². The lowest BCUT2D eigenvalue weighted by atomic mass is 10.1. The van der Waals surface area contributed by atoms with E-state index in [1.807, 2.05) is 60.7 Å². The summed E-state index contributed by atoms with van der Waals surface area (Å²) in [5.74, 6) is 0.00340. The molecule has 28 heavy (non-hydrogen) atoms. The molecule has 0 saturated carbocycles. The van der Waals surface area contributed by atoms with Gasteiger partial charge in [-0.15, -0.1) is 0 Å². The Balaban J connectivity index is 1.63. The van der Waals surface area contributed by atoms with Crippen LogP contribution in [-0.4, -0.2) is 23.8 Å². The molecule has 1 aliphatic rings. The quantitative estimate of drug-likeness (QED) is 0.611. The number of imide groups is 1. The first-order valence-electron chi connectivity index (χ1n) is 8.98. The van der Waals surface area contributed by atoms with E-state index >= 15 is 0 Å². The summed E-state index contributed by atoms with van der Waals surface area (Å²) in [6.07, 6.45) is 0. The highest BCUT2D eigenvalue weighted by atomic mass is 16.5. The summed E-state index contributed by atoms with van der Waals surface area (Å²) in [5, 5.41) is 0. The van der Waals surface area contributed by atoms with E-state index in [2.05, 4.69) is 0 Å². The summed E-state index contributed by atoms with van der Waals surface area (Å²) in [6, 6.07) is 22.7. The molecule has 0 unspecified atom stereocenters. The summed E-state index contributed by atoms with van der Waals surface area (Å²) in [6.45, 7) is 0.616. The van der Waals surface area contributed by atoms with Gasteiger partial charge in [0.25, 0.3) is 11.8 Å². The Labute approximate surface area is 163 Å². The minimum Gasteiger partial charge on any atom is -0.488 e. The maximum atomic E-state index is 12.6. The van der Waals surface area contributed by atoms with Gasteiger partial charge in [0, 0.05) is 7.05 Å². The number of hydrogen-bond donors (Lipinski definition) is 0. The molecular formula is C23H19NO4. The second-order valence-corrected chi connectivity index (χ2v) is 6.53. The van der Waals surface area contributed by atoms with Crippen LogP contribution in [0.2, 0.25) is 0 Å². The number of benzene rings is 3. The van der Waals surface area contributed by atoms with Crippen LogP contribution < -0.4 is 9.47 Å². The van der Waals surface area contributed by atoms with Crippen molar-refractivity contribution < 1.29 is 19.1 Å². The second-order valence-electron chi connectivity index (χ2n) is 6.53. The van der Waals surface area contributed by atoms with Crippen molar-refractivity contribution in [2.75, 3.05) is 7.05 Å². The minimum absolute atomic E-state index is 0.258. The van der Waals surface area contributed by atoms with Crippen molar-refractivity contribution in [2.45, 2.75) is 13.2 Å². The molecule has 0 aromatic heterocycles. The fourth-order valence-corrected chi connectivity index (χ4v) is 3.13. The average Bonchev–Trinajstić information content (AvgIpc) is 2.97. The van der Waals surface area contributed by atoms with Crippen molar-refractivity contribution in [2.24, 2.45) is 0 Å². The SMILES string of the molecule is CN1C(=O)c2c(OCc3ccccc3)ccc(OCc3ccccc3)c2C1=O. The van der Waals surface area contributed by atoms with Gasteiger partial charge in [-0.05, 0) is 23.3 Å². The first-order chi connectivity index (χ1) is 13.6. The molecule has 0 radical (unpaired) electrons. The first-order valence-corrected chi connectivity index (χ1v) is 8.98. The molecule has 0 atom stereocenters. The van der Waals surface area contributed by atoms with Crippen LogP contribution in [0, 0.1) is 0 Å². The van der Waals surface area contributed by atoms with Crippen LogP contribution in [0.4, 0.5) is 0 Å². The zero-order chi connectivity index (χ0) is 19.5. The van der Waals surface area contributed by atoms with E-state index in [0.717, 1.165) is 16.0 Å². The number of fused-ring (bicyclic) bond motifs is 1. The third kappa shape index (κ3) is 3.34. The number of carbonyl (C=O) groups is 2. The van der Waals surface area contributed by atoms with E-state index in [1.54, 1.807) is 12.1 Å². The Kier molecular flexibility index (Phi) is 4.81. The summed E-state index contributed by atoms with van der Waals surface area (Å²) in [5.41, 5.74) is 2.47. The maximum Gasteiger partial charge on any atom is 0.265 e. The lowest BCUT2D eigenvalue weighted by Gasteiger charge is -2.13. The molecule has 3 aromatic rings. The Morgan fingerprint density at radius 1 is 0.643 bits per heavy atom. The number of carbonyl (C=O) groups excluding carboxylic acids is 2. The number of hydrogen-bond acceptors (Lipinski definition) is 4. The maximum absolute atomic E-state index is 12.6. The molecule has 5 heteroatoms. The highest BCUT2D eigenvalue weighted by Crippen LogP contribution is 2.37. The molecule has 0 aliphatic carbocycles. The van der Waals surface area contributed by atoms with Crippen molar-refractivity contribution in [1.82, 2.24) is 4.90 Å². The normalized spacial score (nSPS) is 12.8. The van der Waals surface area contributed by atoms with E-state index in [-0.39, 0.29) is 22.9 Å². The second kappa shape index (κ2) is 7.56. The fourth-order valence-electron chi connectivity index (χ4n) is 3.13. The van der Waals surface area contributed by atoms with Gasteiger partial charge >= 0.3 is 0 Å². The molecule has 2 amide bonds. The minimum atomic E-state index is -0.381. The van der Waals surface area contributed by atoms with Crippen molar-refractivity contribution in [1.29, 1.82) is 0 Å². The Morgan fingerprint density at radius 3 is 1.43 bits per heavy atom. The molecule has 0 bridgehead atoms. The molecule has 0 fully saturated rings. The number of ether oxygens (including phenoxy) is 2. The molecule has 0 saturated heterocycles. The molecule has 4 rings (SSSR count). The number of rotatable bonds is 6.